The average molecular weight is 179 g/mol. The van der Waals surface area contributed by atoms with Crippen molar-refractivity contribution in [2.24, 2.45) is 0 Å². The molecule has 0 saturated carbocycles. The van der Waals surface area contributed by atoms with E-state index in [2.05, 4.69) is 24.5 Å². The molecule has 0 aliphatic rings. The number of nitrogen functional groups attached to an aromatic ring is 1. The van der Waals surface area contributed by atoms with E-state index in [4.69, 9.17) is 5.73 Å². The normalized spacial score (nSPS) is 8.75. The van der Waals surface area contributed by atoms with Gasteiger partial charge in [-0.2, -0.15) is 12.6 Å². The molecular weight excluding hydrogens is 170 g/mol. The predicted octanol–water partition coefficient (Wildman–Crippen LogP) is 1.26. The van der Waals surface area contributed by atoms with Crippen LogP contribution < -0.4 is 5.73 Å². The lowest BCUT2D eigenvalue weighted by molar-refractivity contribution is 0.478. The van der Waals surface area contributed by atoms with Gasteiger partial charge in [-0.25, -0.2) is 0 Å². The van der Waals surface area contributed by atoms with Gasteiger partial charge >= 0.3 is 0 Å². The Bertz CT molecular complexity index is 338. The van der Waals surface area contributed by atoms with E-state index < -0.39 is 0 Å². The van der Waals surface area contributed by atoms with E-state index in [0.717, 1.165) is 5.56 Å². The smallest absolute Gasteiger partial charge is 0.139 e. The van der Waals surface area contributed by atoms with Crippen molar-refractivity contribution in [2.75, 3.05) is 11.5 Å². The minimum absolute atomic E-state index is 0.0703. The summed E-state index contributed by atoms with van der Waals surface area (Å²) in [4.78, 5) is 0. The molecule has 0 heterocycles. The minimum atomic E-state index is 0.0703. The maximum atomic E-state index is 9.19. The van der Waals surface area contributed by atoms with Crippen LogP contribution in [0.3, 0.4) is 0 Å². The molecule has 1 aromatic carbocycles. The van der Waals surface area contributed by atoms with E-state index in [1.54, 1.807) is 12.1 Å². The fourth-order valence-electron chi connectivity index (χ4n) is 0.763. The fraction of sp³-hybridized carbons (Fsp3) is 0.111. The first-order valence-electron chi connectivity index (χ1n) is 3.42. The highest BCUT2D eigenvalue weighted by Gasteiger charge is 1.95. The van der Waals surface area contributed by atoms with Gasteiger partial charge in [-0.1, -0.05) is 11.8 Å². The van der Waals surface area contributed by atoms with E-state index in [1.807, 2.05) is 0 Å². The number of rotatable bonds is 0. The summed E-state index contributed by atoms with van der Waals surface area (Å²) < 4.78 is 0. The summed E-state index contributed by atoms with van der Waals surface area (Å²) in [5.74, 6) is 6.17. The number of hydrogen-bond acceptors (Lipinski definition) is 3. The zero-order chi connectivity index (χ0) is 8.97. The number of phenolic OH excluding ortho intramolecular Hbond substituents is 1. The molecule has 0 aromatic heterocycles. The van der Waals surface area contributed by atoms with E-state index in [1.165, 1.54) is 6.07 Å². The van der Waals surface area contributed by atoms with Crippen molar-refractivity contribution in [1.29, 1.82) is 0 Å². The predicted molar refractivity (Wildman–Crippen MR) is 53.3 cm³/mol. The zero-order valence-electron chi connectivity index (χ0n) is 6.41. The molecule has 3 heteroatoms. The van der Waals surface area contributed by atoms with Gasteiger partial charge in [0.2, 0.25) is 0 Å². The molecule has 12 heavy (non-hydrogen) atoms. The highest BCUT2D eigenvalue weighted by Crippen LogP contribution is 2.19. The summed E-state index contributed by atoms with van der Waals surface area (Å²) in [5.41, 5.74) is 6.52. The second kappa shape index (κ2) is 3.93. The fourth-order valence-corrected chi connectivity index (χ4v) is 0.842. The third-order valence-electron chi connectivity index (χ3n) is 1.34. The molecule has 0 unspecified atom stereocenters. The summed E-state index contributed by atoms with van der Waals surface area (Å²) in [6.07, 6.45) is 0. The van der Waals surface area contributed by atoms with Crippen LogP contribution in [0.25, 0.3) is 0 Å². The third-order valence-corrected chi connectivity index (χ3v) is 1.50. The molecule has 1 rings (SSSR count). The number of thiol groups is 1. The number of phenols is 1. The van der Waals surface area contributed by atoms with Gasteiger partial charge in [0, 0.05) is 5.56 Å². The Morgan fingerprint density at radius 3 is 2.83 bits per heavy atom. The Labute approximate surface area is 76.8 Å². The largest absolute Gasteiger partial charge is 0.506 e. The summed E-state index contributed by atoms with van der Waals surface area (Å²) >= 11 is 3.94. The molecule has 0 atom stereocenters. The van der Waals surface area contributed by atoms with E-state index in [9.17, 15) is 5.11 Å². The number of hydrogen-bond donors (Lipinski definition) is 3. The van der Waals surface area contributed by atoms with Crippen LogP contribution >= 0.6 is 12.6 Å². The Morgan fingerprint density at radius 1 is 1.50 bits per heavy atom. The van der Waals surface area contributed by atoms with Gasteiger partial charge in [-0.05, 0) is 18.2 Å². The second-order valence-corrected chi connectivity index (χ2v) is 2.55. The molecule has 0 amide bonds. The zero-order valence-corrected chi connectivity index (χ0v) is 7.31. The lowest BCUT2D eigenvalue weighted by Crippen LogP contribution is -1.85. The van der Waals surface area contributed by atoms with E-state index >= 15 is 0 Å². The monoisotopic (exact) mass is 179 g/mol. The molecular formula is C9H9NOS. The Kier molecular flexibility index (Phi) is 2.89. The maximum absolute atomic E-state index is 9.19. The minimum Gasteiger partial charge on any atom is -0.506 e. The van der Waals surface area contributed by atoms with E-state index in [0.29, 0.717) is 11.4 Å². The molecule has 0 aliphatic carbocycles. The van der Waals surface area contributed by atoms with Crippen molar-refractivity contribution in [1.82, 2.24) is 0 Å². The van der Waals surface area contributed by atoms with Crippen molar-refractivity contribution in [3.63, 3.8) is 0 Å². The van der Waals surface area contributed by atoms with Crippen molar-refractivity contribution in [3.05, 3.63) is 23.8 Å². The number of benzene rings is 1. The number of nitrogens with two attached hydrogens (primary N) is 1. The third kappa shape index (κ3) is 2.11. The van der Waals surface area contributed by atoms with Crippen LogP contribution in [0.5, 0.6) is 5.75 Å². The van der Waals surface area contributed by atoms with Gasteiger partial charge in [0.15, 0.2) is 0 Å². The average Bonchev–Trinajstić information content (AvgIpc) is 2.07. The second-order valence-electron chi connectivity index (χ2n) is 2.23. The van der Waals surface area contributed by atoms with Crippen molar-refractivity contribution >= 4 is 18.3 Å². The van der Waals surface area contributed by atoms with Crippen LogP contribution in [0, 0.1) is 11.8 Å². The SMILES string of the molecule is Nc1ccc(C#CCS)cc1O. The number of aromatic hydroxyl groups is 1. The Morgan fingerprint density at radius 2 is 2.25 bits per heavy atom. The molecule has 0 aliphatic heterocycles. The molecule has 0 spiro atoms. The summed E-state index contributed by atoms with van der Waals surface area (Å²) in [6, 6.07) is 4.91. The van der Waals surface area contributed by atoms with Gasteiger partial charge in [0.05, 0.1) is 11.4 Å². The van der Waals surface area contributed by atoms with Crippen LogP contribution in [0.15, 0.2) is 18.2 Å². The molecule has 1 aromatic rings. The van der Waals surface area contributed by atoms with Gasteiger partial charge < -0.3 is 10.8 Å². The van der Waals surface area contributed by atoms with Crippen LogP contribution in [0.1, 0.15) is 5.56 Å². The molecule has 0 fully saturated rings. The maximum Gasteiger partial charge on any atom is 0.139 e. The Hall–Kier alpha value is -1.27. The highest BCUT2D eigenvalue weighted by atomic mass is 32.1. The topological polar surface area (TPSA) is 46.2 Å². The summed E-state index contributed by atoms with van der Waals surface area (Å²) in [6.45, 7) is 0. The van der Waals surface area contributed by atoms with Crippen LogP contribution in [0.4, 0.5) is 5.69 Å². The van der Waals surface area contributed by atoms with Gasteiger partial charge in [0.25, 0.3) is 0 Å². The van der Waals surface area contributed by atoms with Crippen molar-refractivity contribution < 1.29 is 5.11 Å². The first-order valence-corrected chi connectivity index (χ1v) is 4.05. The van der Waals surface area contributed by atoms with Gasteiger partial charge in [0.1, 0.15) is 5.75 Å². The first kappa shape index (κ1) is 8.82. The molecule has 2 nitrogen and oxygen atoms in total. The van der Waals surface area contributed by atoms with Crippen LogP contribution in [-0.2, 0) is 0 Å². The molecule has 0 radical (unpaired) electrons. The lowest BCUT2D eigenvalue weighted by Gasteiger charge is -1.97. The van der Waals surface area contributed by atoms with E-state index in [-0.39, 0.29) is 5.75 Å². The van der Waals surface area contributed by atoms with Crippen LogP contribution in [-0.4, -0.2) is 10.9 Å². The quantitative estimate of drug-likeness (QED) is 0.243. The lowest BCUT2D eigenvalue weighted by atomic mass is 10.2. The molecule has 0 bridgehead atoms. The van der Waals surface area contributed by atoms with Crippen molar-refractivity contribution in [3.8, 4) is 17.6 Å². The first-order chi connectivity index (χ1) is 5.74. The standard InChI is InChI=1S/C9H9NOS/c10-8-4-3-7(2-1-5-12)6-9(8)11/h3-4,6,11-12H,5,10H2. The molecule has 0 saturated heterocycles. The summed E-state index contributed by atoms with van der Waals surface area (Å²) in [5, 5.41) is 9.19. The molecule has 3 N–H and O–H groups in total. The van der Waals surface area contributed by atoms with Gasteiger partial charge in [-0.3, -0.25) is 0 Å². The Balaban J connectivity index is 2.97. The highest BCUT2D eigenvalue weighted by molar-refractivity contribution is 7.80. The summed E-state index contributed by atoms with van der Waals surface area (Å²) in [7, 11) is 0. The number of anilines is 1. The van der Waals surface area contributed by atoms with Crippen molar-refractivity contribution in [2.45, 2.75) is 0 Å². The molecule has 62 valence electrons. The van der Waals surface area contributed by atoms with Crippen LogP contribution in [0.2, 0.25) is 0 Å². The van der Waals surface area contributed by atoms with Gasteiger partial charge in [-0.15, -0.1) is 0 Å².